The van der Waals surface area contributed by atoms with Crippen LogP contribution in [-0.2, 0) is 14.3 Å². The van der Waals surface area contributed by atoms with E-state index in [2.05, 4.69) is 20.8 Å². The molecule has 0 rings (SSSR count). The van der Waals surface area contributed by atoms with Gasteiger partial charge < -0.3 is 4.74 Å². The van der Waals surface area contributed by atoms with Crippen LogP contribution < -0.4 is 0 Å². The van der Waals surface area contributed by atoms with Gasteiger partial charge in [-0.2, -0.15) is 0 Å². The molecule has 0 saturated carbocycles. The number of Topliss-reactive ketones (excluding diaryl/α,β-unsaturated/α-hetero) is 1. The highest BCUT2D eigenvalue weighted by Gasteiger charge is 2.19. The molecule has 0 saturated heterocycles. The fraction of sp³-hybridized carbons (Fsp3) is 0.946. The van der Waals surface area contributed by atoms with Gasteiger partial charge in [-0.05, 0) is 32.1 Å². The summed E-state index contributed by atoms with van der Waals surface area (Å²) in [5.41, 5.74) is 0. The second-order valence-corrected chi connectivity index (χ2v) is 12.6. The van der Waals surface area contributed by atoms with E-state index in [0.29, 0.717) is 12.4 Å². The van der Waals surface area contributed by atoms with Gasteiger partial charge in [-0.15, -0.1) is 0 Å². The van der Waals surface area contributed by atoms with Crippen LogP contribution >= 0.6 is 0 Å². The molecule has 0 aliphatic carbocycles. The van der Waals surface area contributed by atoms with E-state index in [1.807, 2.05) is 0 Å². The van der Waals surface area contributed by atoms with Crippen LogP contribution in [0.1, 0.15) is 213 Å². The molecule has 0 aliphatic heterocycles. The molecule has 0 radical (unpaired) electrons. The summed E-state index contributed by atoms with van der Waals surface area (Å²) in [6.45, 7) is 7.36. The average molecular weight is 565 g/mol. The standard InChI is InChI=1S/C37H72O3/c1-4-7-10-13-15-17-18-20-23-29-34-40-37(39)35(30-25-22-19-16-14-11-8-5-2)31-26-24-28-33-36(38)32-27-21-12-9-6-3/h35H,4-34H2,1-3H3. The number of hydrogen-bond donors (Lipinski definition) is 0. The molecule has 40 heavy (non-hydrogen) atoms. The summed E-state index contributed by atoms with van der Waals surface area (Å²) in [6, 6.07) is 0. The zero-order chi connectivity index (χ0) is 29.4. The van der Waals surface area contributed by atoms with Crippen molar-refractivity contribution < 1.29 is 14.3 Å². The van der Waals surface area contributed by atoms with E-state index in [1.54, 1.807) is 0 Å². The highest BCUT2D eigenvalue weighted by atomic mass is 16.5. The monoisotopic (exact) mass is 565 g/mol. The first kappa shape index (κ1) is 39.1. The van der Waals surface area contributed by atoms with Gasteiger partial charge in [0.05, 0.1) is 12.5 Å². The molecule has 0 N–H and O–H groups in total. The van der Waals surface area contributed by atoms with Gasteiger partial charge in [-0.3, -0.25) is 9.59 Å². The maximum absolute atomic E-state index is 12.9. The first-order valence-electron chi connectivity index (χ1n) is 18.3. The topological polar surface area (TPSA) is 43.4 Å². The Morgan fingerprint density at radius 3 is 1.18 bits per heavy atom. The van der Waals surface area contributed by atoms with E-state index in [4.69, 9.17) is 4.74 Å². The van der Waals surface area contributed by atoms with Crippen molar-refractivity contribution in [2.75, 3.05) is 6.61 Å². The van der Waals surface area contributed by atoms with E-state index in [1.165, 1.54) is 128 Å². The van der Waals surface area contributed by atoms with Gasteiger partial charge in [0.15, 0.2) is 0 Å². The Balaban J connectivity index is 4.13. The van der Waals surface area contributed by atoms with Crippen molar-refractivity contribution >= 4 is 11.8 Å². The van der Waals surface area contributed by atoms with E-state index in [0.717, 1.165) is 64.2 Å². The molecule has 0 aromatic rings. The van der Waals surface area contributed by atoms with E-state index in [-0.39, 0.29) is 11.9 Å². The number of rotatable bonds is 33. The van der Waals surface area contributed by atoms with Crippen LogP contribution in [0.25, 0.3) is 0 Å². The third-order valence-electron chi connectivity index (χ3n) is 8.55. The Labute approximate surface area is 251 Å². The first-order valence-corrected chi connectivity index (χ1v) is 18.3. The van der Waals surface area contributed by atoms with Gasteiger partial charge in [0.1, 0.15) is 5.78 Å². The number of ketones is 1. The fourth-order valence-corrected chi connectivity index (χ4v) is 5.73. The van der Waals surface area contributed by atoms with Crippen LogP contribution in [0.3, 0.4) is 0 Å². The predicted octanol–water partition coefficient (Wildman–Crippen LogP) is 12.5. The van der Waals surface area contributed by atoms with Crippen LogP contribution in [-0.4, -0.2) is 18.4 Å². The Hall–Kier alpha value is -0.860. The number of carbonyl (C=O) groups is 2. The molecular weight excluding hydrogens is 492 g/mol. The minimum Gasteiger partial charge on any atom is -0.465 e. The second-order valence-electron chi connectivity index (χ2n) is 12.6. The van der Waals surface area contributed by atoms with Gasteiger partial charge in [0.25, 0.3) is 0 Å². The van der Waals surface area contributed by atoms with Crippen LogP contribution in [0.2, 0.25) is 0 Å². The lowest BCUT2D eigenvalue weighted by Gasteiger charge is -2.16. The van der Waals surface area contributed by atoms with E-state index in [9.17, 15) is 9.59 Å². The molecule has 0 bridgehead atoms. The molecule has 0 spiro atoms. The van der Waals surface area contributed by atoms with Crippen LogP contribution in [0.5, 0.6) is 0 Å². The predicted molar refractivity (Wildman–Crippen MR) is 175 cm³/mol. The summed E-state index contributed by atoms with van der Waals surface area (Å²) in [5.74, 6) is 0.530. The number of ether oxygens (including phenoxy) is 1. The quantitative estimate of drug-likeness (QED) is 0.0588. The number of hydrogen-bond acceptors (Lipinski definition) is 3. The maximum atomic E-state index is 12.9. The lowest BCUT2D eigenvalue weighted by molar-refractivity contribution is -0.149. The molecule has 238 valence electrons. The molecule has 0 aliphatic rings. The molecule has 0 aromatic heterocycles. The summed E-state index contributed by atoms with van der Waals surface area (Å²) in [7, 11) is 0. The zero-order valence-corrected chi connectivity index (χ0v) is 27.7. The van der Waals surface area contributed by atoms with Gasteiger partial charge >= 0.3 is 5.97 Å². The molecule has 0 heterocycles. The van der Waals surface area contributed by atoms with Crippen molar-refractivity contribution in [3.63, 3.8) is 0 Å². The second kappa shape index (κ2) is 32.7. The molecule has 0 fully saturated rings. The number of carbonyl (C=O) groups excluding carboxylic acids is 2. The van der Waals surface area contributed by atoms with Crippen molar-refractivity contribution in [3.05, 3.63) is 0 Å². The van der Waals surface area contributed by atoms with Crippen molar-refractivity contribution in [2.24, 2.45) is 5.92 Å². The third-order valence-corrected chi connectivity index (χ3v) is 8.55. The summed E-state index contributed by atoms with van der Waals surface area (Å²) >= 11 is 0. The van der Waals surface area contributed by atoms with Gasteiger partial charge in [-0.1, -0.05) is 168 Å². The van der Waals surface area contributed by atoms with Crippen LogP contribution in [0.4, 0.5) is 0 Å². The summed E-state index contributed by atoms with van der Waals surface area (Å²) in [6.07, 6.45) is 35.9. The van der Waals surface area contributed by atoms with E-state index < -0.39 is 0 Å². The smallest absolute Gasteiger partial charge is 0.308 e. The van der Waals surface area contributed by atoms with Crippen molar-refractivity contribution in [1.82, 2.24) is 0 Å². The minimum absolute atomic E-state index is 0.0435. The van der Waals surface area contributed by atoms with Crippen molar-refractivity contribution in [2.45, 2.75) is 213 Å². The molecule has 3 nitrogen and oxygen atoms in total. The summed E-state index contributed by atoms with van der Waals surface area (Å²) in [4.78, 5) is 25.1. The van der Waals surface area contributed by atoms with Crippen LogP contribution in [0, 0.1) is 5.92 Å². The van der Waals surface area contributed by atoms with Gasteiger partial charge in [0, 0.05) is 12.8 Å². The molecule has 1 unspecified atom stereocenters. The highest BCUT2D eigenvalue weighted by molar-refractivity contribution is 5.78. The van der Waals surface area contributed by atoms with E-state index >= 15 is 0 Å². The number of unbranched alkanes of at least 4 members (excludes halogenated alkanes) is 22. The Bertz CT molecular complexity index is 530. The van der Waals surface area contributed by atoms with Gasteiger partial charge in [-0.25, -0.2) is 0 Å². The van der Waals surface area contributed by atoms with Crippen molar-refractivity contribution in [1.29, 1.82) is 0 Å². The lowest BCUT2D eigenvalue weighted by Crippen LogP contribution is -2.18. The highest BCUT2D eigenvalue weighted by Crippen LogP contribution is 2.21. The molecule has 1 atom stereocenters. The summed E-state index contributed by atoms with van der Waals surface area (Å²) < 4.78 is 5.77. The lowest BCUT2D eigenvalue weighted by atomic mass is 9.94. The number of esters is 1. The Morgan fingerprint density at radius 2 is 0.750 bits per heavy atom. The van der Waals surface area contributed by atoms with Crippen LogP contribution in [0.15, 0.2) is 0 Å². The average Bonchev–Trinajstić information content (AvgIpc) is 2.95. The minimum atomic E-state index is 0.0435. The van der Waals surface area contributed by atoms with Crippen molar-refractivity contribution in [3.8, 4) is 0 Å². The Kier molecular flexibility index (Phi) is 31.9. The molecular formula is C37H72O3. The summed E-state index contributed by atoms with van der Waals surface area (Å²) in [5, 5.41) is 0. The first-order chi connectivity index (χ1) is 19.7. The Morgan fingerprint density at radius 1 is 0.425 bits per heavy atom. The molecule has 0 amide bonds. The normalized spacial score (nSPS) is 12.1. The maximum Gasteiger partial charge on any atom is 0.308 e. The SMILES string of the molecule is CCCCCCCCCCCCOC(=O)C(CCCCCCCCCC)CCCCCC(=O)CCCCCCC. The molecule has 3 heteroatoms. The third kappa shape index (κ3) is 28.7. The zero-order valence-electron chi connectivity index (χ0n) is 27.7. The van der Waals surface area contributed by atoms with Gasteiger partial charge in [0.2, 0.25) is 0 Å². The largest absolute Gasteiger partial charge is 0.465 e. The fourth-order valence-electron chi connectivity index (χ4n) is 5.73. The molecule has 0 aromatic carbocycles.